The molecule has 0 bridgehead atoms. The molecule has 0 unspecified atom stereocenters. The molecule has 1 aliphatic rings. The van der Waals surface area contributed by atoms with Gasteiger partial charge in [-0.3, -0.25) is 4.79 Å². The largest absolute Gasteiger partial charge is 0.481 e. The molecular weight excluding hydrogens is 294 g/mol. The number of aliphatic carboxylic acids is 1. The fourth-order valence-electron chi connectivity index (χ4n) is 2.62. The normalized spacial score (nSPS) is 26.7. The van der Waals surface area contributed by atoms with E-state index in [4.69, 9.17) is 0 Å². The summed E-state index contributed by atoms with van der Waals surface area (Å²) in [5.41, 5.74) is -1.01. The molecule has 1 aromatic heterocycles. The van der Waals surface area contributed by atoms with E-state index in [0.29, 0.717) is 18.8 Å². The van der Waals surface area contributed by atoms with Crippen LogP contribution in [0.25, 0.3) is 0 Å². The molecule has 118 valence electrons. The van der Waals surface area contributed by atoms with Gasteiger partial charge >= 0.3 is 5.97 Å². The van der Waals surface area contributed by atoms with Gasteiger partial charge in [-0.25, -0.2) is 18.1 Å². The number of hydrogen-bond donors (Lipinski definition) is 2. The predicted molar refractivity (Wildman–Crippen MR) is 76.1 cm³/mol. The van der Waals surface area contributed by atoms with Crippen LogP contribution in [0.5, 0.6) is 0 Å². The Morgan fingerprint density at radius 3 is 2.62 bits per heavy atom. The average Bonchev–Trinajstić information content (AvgIpc) is 2.86. The molecule has 1 heterocycles. The first kappa shape index (κ1) is 16.0. The monoisotopic (exact) mass is 315 g/mol. The van der Waals surface area contributed by atoms with Gasteiger partial charge in [0.2, 0.25) is 0 Å². The minimum atomic E-state index is -3.77. The highest BCUT2D eigenvalue weighted by molar-refractivity contribution is 7.89. The summed E-state index contributed by atoms with van der Waals surface area (Å²) < 4.78 is 28.2. The van der Waals surface area contributed by atoms with Gasteiger partial charge in [0.05, 0.1) is 11.7 Å². The molecule has 2 N–H and O–H groups in total. The first-order valence-electron chi connectivity index (χ1n) is 6.96. The SMILES string of the molecule is CC1CCC(CNS(=O)(=O)c2cn(C)cn2)(C(=O)O)CC1. The van der Waals surface area contributed by atoms with Gasteiger partial charge in [-0.2, -0.15) is 0 Å². The molecule has 0 radical (unpaired) electrons. The lowest BCUT2D eigenvalue weighted by Gasteiger charge is -2.35. The van der Waals surface area contributed by atoms with E-state index in [9.17, 15) is 18.3 Å². The molecule has 0 aliphatic heterocycles. The van der Waals surface area contributed by atoms with Crippen molar-refractivity contribution in [3.63, 3.8) is 0 Å². The predicted octanol–water partition coefficient (Wildman–Crippen LogP) is 0.979. The number of imidazole rings is 1. The minimum absolute atomic E-state index is 0.0882. The zero-order valence-electron chi connectivity index (χ0n) is 12.2. The summed E-state index contributed by atoms with van der Waals surface area (Å²) >= 11 is 0. The van der Waals surface area contributed by atoms with Crippen LogP contribution in [0.2, 0.25) is 0 Å². The standard InChI is InChI=1S/C13H21N3O4S/c1-10-3-5-13(6-4-10,12(17)18)8-15-21(19,20)11-7-16(2)9-14-11/h7,9-10,15H,3-6,8H2,1-2H3,(H,17,18). The number of nitrogens with one attached hydrogen (secondary N) is 1. The Morgan fingerprint density at radius 2 is 2.14 bits per heavy atom. The van der Waals surface area contributed by atoms with Crippen LogP contribution in [0.4, 0.5) is 0 Å². The third-order valence-corrected chi connectivity index (χ3v) is 5.53. The molecule has 1 aromatic rings. The molecule has 0 aromatic carbocycles. The van der Waals surface area contributed by atoms with Crippen molar-refractivity contribution < 1.29 is 18.3 Å². The molecule has 8 heteroatoms. The van der Waals surface area contributed by atoms with E-state index in [2.05, 4.69) is 16.6 Å². The number of aromatic nitrogens is 2. The highest BCUT2D eigenvalue weighted by Crippen LogP contribution is 2.38. The summed E-state index contributed by atoms with van der Waals surface area (Å²) in [7, 11) is -2.10. The van der Waals surface area contributed by atoms with E-state index in [1.807, 2.05) is 0 Å². The lowest BCUT2D eigenvalue weighted by molar-refractivity contribution is -0.151. The number of sulfonamides is 1. The van der Waals surface area contributed by atoms with Crippen molar-refractivity contribution in [2.24, 2.45) is 18.4 Å². The first-order chi connectivity index (χ1) is 9.75. The molecule has 1 aliphatic carbocycles. The molecule has 0 spiro atoms. The third-order valence-electron chi connectivity index (χ3n) is 4.24. The average molecular weight is 315 g/mol. The van der Waals surface area contributed by atoms with Gasteiger partial charge in [0.1, 0.15) is 0 Å². The summed E-state index contributed by atoms with van der Waals surface area (Å²) in [5.74, 6) is -0.442. The second kappa shape index (κ2) is 5.76. The molecule has 1 saturated carbocycles. The van der Waals surface area contributed by atoms with Gasteiger partial charge < -0.3 is 9.67 Å². The fourth-order valence-corrected chi connectivity index (χ4v) is 3.72. The Balaban J connectivity index is 2.11. The Labute approximate surface area is 124 Å². The van der Waals surface area contributed by atoms with Crippen LogP contribution in [-0.2, 0) is 21.9 Å². The van der Waals surface area contributed by atoms with Crippen molar-refractivity contribution in [2.75, 3.05) is 6.54 Å². The number of carboxylic acid groups (broad SMARTS) is 1. The van der Waals surface area contributed by atoms with Gasteiger partial charge in [-0.1, -0.05) is 6.92 Å². The van der Waals surface area contributed by atoms with Gasteiger partial charge in [0.25, 0.3) is 10.0 Å². The summed E-state index contributed by atoms with van der Waals surface area (Å²) in [4.78, 5) is 15.4. The van der Waals surface area contributed by atoms with Crippen molar-refractivity contribution in [3.8, 4) is 0 Å². The van der Waals surface area contributed by atoms with Crippen LogP contribution in [-0.4, -0.2) is 35.6 Å². The lowest BCUT2D eigenvalue weighted by atomic mass is 9.71. The van der Waals surface area contributed by atoms with Gasteiger partial charge in [0, 0.05) is 19.8 Å². The van der Waals surface area contributed by atoms with E-state index in [1.54, 1.807) is 7.05 Å². The number of hydrogen-bond acceptors (Lipinski definition) is 4. The molecular formula is C13H21N3O4S. The van der Waals surface area contributed by atoms with Crippen LogP contribution < -0.4 is 4.72 Å². The fraction of sp³-hybridized carbons (Fsp3) is 0.692. The summed E-state index contributed by atoms with van der Waals surface area (Å²) in [6.07, 6.45) is 5.38. The maximum absolute atomic E-state index is 12.1. The molecule has 21 heavy (non-hydrogen) atoms. The third kappa shape index (κ3) is 3.44. The smallest absolute Gasteiger partial charge is 0.310 e. The van der Waals surface area contributed by atoms with Gasteiger partial charge in [-0.05, 0) is 31.6 Å². The molecule has 0 atom stereocenters. The van der Waals surface area contributed by atoms with E-state index in [0.717, 1.165) is 12.8 Å². The summed E-state index contributed by atoms with van der Waals surface area (Å²) in [6, 6.07) is 0. The number of rotatable bonds is 5. The number of carbonyl (C=O) groups is 1. The van der Waals surface area contributed by atoms with E-state index < -0.39 is 21.4 Å². The highest BCUT2D eigenvalue weighted by Gasteiger charge is 2.42. The molecule has 0 amide bonds. The topological polar surface area (TPSA) is 101 Å². The first-order valence-corrected chi connectivity index (χ1v) is 8.44. The van der Waals surface area contributed by atoms with E-state index in [-0.39, 0.29) is 11.6 Å². The Bertz CT molecular complexity index is 615. The molecule has 1 fully saturated rings. The van der Waals surface area contributed by atoms with Crippen molar-refractivity contribution in [3.05, 3.63) is 12.5 Å². The second-order valence-corrected chi connectivity index (χ2v) is 7.68. The maximum Gasteiger partial charge on any atom is 0.310 e. The zero-order chi connectivity index (χ0) is 15.7. The van der Waals surface area contributed by atoms with Crippen molar-refractivity contribution in [1.29, 1.82) is 0 Å². The van der Waals surface area contributed by atoms with Crippen LogP contribution in [0.15, 0.2) is 17.6 Å². The van der Waals surface area contributed by atoms with Crippen LogP contribution in [0.1, 0.15) is 32.6 Å². The van der Waals surface area contributed by atoms with Crippen molar-refractivity contribution in [1.82, 2.24) is 14.3 Å². The van der Waals surface area contributed by atoms with Crippen LogP contribution in [0.3, 0.4) is 0 Å². The molecule has 7 nitrogen and oxygen atoms in total. The van der Waals surface area contributed by atoms with Crippen LogP contribution >= 0.6 is 0 Å². The van der Waals surface area contributed by atoms with Crippen molar-refractivity contribution in [2.45, 2.75) is 37.6 Å². The Kier molecular flexibility index (Phi) is 4.38. The zero-order valence-corrected chi connectivity index (χ0v) is 13.1. The van der Waals surface area contributed by atoms with Gasteiger partial charge in [-0.15, -0.1) is 0 Å². The lowest BCUT2D eigenvalue weighted by Crippen LogP contribution is -2.45. The van der Waals surface area contributed by atoms with Crippen LogP contribution in [0, 0.1) is 11.3 Å². The van der Waals surface area contributed by atoms with E-state index >= 15 is 0 Å². The Hall–Kier alpha value is -1.41. The number of nitrogens with zero attached hydrogens (tertiary/aromatic N) is 2. The maximum atomic E-state index is 12.1. The number of aryl methyl sites for hydroxylation is 1. The van der Waals surface area contributed by atoms with E-state index in [1.165, 1.54) is 17.1 Å². The Morgan fingerprint density at radius 1 is 1.52 bits per heavy atom. The quantitative estimate of drug-likeness (QED) is 0.843. The van der Waals surface area contributed by atoms with Gasteiger partial charge in [0.15, 0.2) is 5.03 Å². The molecule has 2 rings (SSSR count). The van der Waals surface area contributed by atoms with Crippen molar-refractivity contribution >= 4 is 16.0 Å². The highest BCUT2D eigenvalue weighted by atomic mass is 32.2. The molecule has 0 saturated heterocycles. The summed E-state index contributed by atoms with van der Waals surface area (Å²) in [6.45, 7) is 2.00. The minimum Gasteiger partial charge on any atom is -0.481 e. The summed E-state index contributed by atoms with van der Waals surface area (Å²) in [5, 5.41) is 9.40. The number of carboxylic acids is 1. The second-order valence-electron chi connectivity index (χ2n) is 5.97.